The summed E-state index contributed by atoms with van der Waals surface area (Å²) in [6, 6.07) is 0. The summed E-state index contributed by atoms with van der Waals surface area (Å²) in [5, 5.41) is 30.8. The molecule has 1 heterocycles. The van der Waals surface area contributed by atoms with Crippen LogP contribution >= 0.6 is 0 Å². The number of rotatable bonds is 15. The Labute approximate surface area is 182 Å². The first-order chi connectivity index (χ1) is 14.0. The molecule has 3 N–H and O–H groups in total. The minimum Gasteiger partial charge on any atom is -0.387 e. The van der Waals surface area contributed by atoms with E-state index in [1.807, 2.05) is 19.0 Å². The number of ether oxygens (including phenoxy) is 3. The molecule has 0 bridgehead atoms. The predicted molar refractivity (Wildman–Crippen MR) is 116 cm³/mol. The Morgan fingerprint density at radius 2 is 1.43 bits per heavy atom. The molecule has 0 saturated carbocycles. The molecule has 0 aromatic rings. The minimum atomic E-state index is -1.29. The minimum absolute atomic E-state index is 0.122. The van der Waals surface area contributed by atoms with Crippen LogP contribution in [0.25, 0.3) is 0 Å². The number of hydrogen-bond donors (Lipinski definition) is 3. The summed E-state index contributed by atoms with van der Waals surface area (Å²) in [6.07, 6.45) is -2.60. The summed E-state index contributed by atoms with van der Waals surface area (Å²) in [7, 11) is 12.5. The molecule has 0 aliphatic carbocycles. The van der Waals surface area contributed by atoms with Crippen LogP contribution in [-0.4, -0.2) is 149 Å². The van der Waals surface area contributed by atoms with E-state index in [4.69, 9.17) is 14.2 Å². The summed E-state index contributed by atoms with van der Waals surface area (Å²) in [4.78, 5) is 4.22. The van der Waals surface area contributed by atoms with Crippen molar-refractivity contribution < 1.29 is 34.0 Å². The standard InChI is InChI=1S/C21H46N3O6/c1-22(2)10-7-12-24(5,6)13-9-14-28-16-17-18(25)19(26)20(21(27)30-17)29-15-8-11-23(3)4/h17-21,25-27H,7-16H2,1-6H3/q+1. The van der Waals surface area contributed by atoms with Gasteiger partial charge in [0.25, 0.3) is 0 Å². The summed E-state index contributed by atoms with van der Waals surface area (Å²) in [5.74, 6) is 0. The third kappa shape index (κ3) is 10.8. The number of nitrogens with zero attached hydrogens (tertiary/aromatic N) is 3. The van der Waals surface area contributed by atoms with Crippen molar-refractivity contribution in [1.29, 1.82) is 0 Å². The van der Waals surface area contributed by atoms with Crippen LogP contribution in [0, 0.1) is 0 Å². The van der Waals surface area contributed by atoms with E-state index in [1.165, 1.54) is 0 Å². The topological polar surface area (TPSA) is 94.9 Å². The Bertz CT molecular complexity index is 452. The lowest BCUT2D eigenvalue weighted by molar-refractivity contribution is -0.890. The second kappa shape index (κ2) is 13.9. The second-order valence-electron chi connectivity index (χ2n) is 9.51. The number of hydrogen-bond acceptors (Lipinski definition) is 8. The van der Waals surface area contributed by atoms with E-state index in [0.29, 0.717) is 13.2 Å². The maximum atomic E-state index is 10.3. The first-order valence-corrected chi connectivity index (χ1v) is 11.0. The van der Waals surface area contributed by atoms with Crippen molar-refractivity contribution in [3.05, 3.63) is 0 Å². The number of aliphatic hydroxyl groups is 3. The predicted octanol–water partition coefficient (Wildman–Crippen LogP) is -0.803. The van der Waals surface area contributed by atoms with E-state index < -0.39 is 30.7 Å². The van der Waals surface area contributed by atoms with Crippen LogP contribution in [0.5, 0.6) is 0 Å². The van der Waals surface area contributed by atoms with Crippen molar-refractivity contribution in [2.75, 3.05) is 88.3 Å². The van der Waals surface area contributed by atoms with Gasteiger partial charge >= 0.3 is 0 Å². The molecule has 1 rings (SSSR count). The summed E-state index contributed by atoms with van der Waals surface area (Å²) < 4.78 is 17.6. The molecule has 180 valence electrons. The van der Waals surface area contributed by atoms with E-state index >= 15 is 0 Å². The van der Waals surface area contributed by atoms with Crippen LogP contribution in [0.15, 0.2) is 0 Å². The molecule has 0 aromatic carbocycles. The Kier molecular flexibility index (Phi) is 12.8. The fourth-order valence-corrected chi connectivity index (χ4v) is 3.56. The van der Waals surface area contributed by atoms with Gasteiger partial charge in [-0.2, -0.15) is 0 Å². The highest BCUT2D eigenvalue weighted by Crippen LogP contribution is 2.23. The average Bonchev–Trinajstić information content (AvgIpc) is 2.63. The van der Waals surface area contributed by atoms with Crippen molar-refractivity contribution in [2.45, 2.75) is 50.0 Å². The molecular formula is C21H46N3O6+. The lowest BCUT2D eigenvalue weighted by Gasteiger charge is -2.40. The number of aliphatic hydroxyl groups excluding tert-OH is 3. The Balaban J connectivity index is 2.27. The highest BCUT2D eigenvalue weighted by Gasteiger charge is 2.44. The summed E-state index contributed by atoms with van der Waals surface area (Å²) >= 11 is 0. The maximum Gasteiger partial charge on any atom is 0.184 e. The van der Waals surface area contributed by atoms with Crippen LogP contribution in [-0.2, 0) is 14.2 Å². The molecule has 1 aliphatic rings. The summed E-state index contributed by atoms with van der Waals surface area (Å²) in [6.45, 7) is 5.06. The van der Waals surface area contributed by atoms with Gasteiger partial charge in [-0.15, -0.1) is 0 Å². The van der Waals surface area contributed by atoms with E-state index in [9.17, 15) is 15.3 Å². The zero-order valence-corrected chi connectivity index (χ0v) is 19.9. The molecule has 0 radical (unpaired) electrons. The van der Waals surface area contributed by atoms with Gasteiger partial charge in [0.15, 0.2) is 6.29 Å². The molecule has 30 heavy (non-hydrogen) atoms. The van der Waals surface area contributed by atoms with Gasteiger partial charge in [-0.3, -0.25) is 0 Å². The van der Waals surface area contributed by atoms with Crippen LogP contribution in [0.2, 0.25) is 0 Å². The van der Waals surface area contributed by atoms with Crippen molar-refractivity contribution in [1.82, 2.24) is 9.80 Å². The monoisotopic (exact) mass is 436 g/mol. The zero-order chi connectivity index (χ0) is 22.7. The molecule has 1 saturated heterocycles. The van der Waals surface area contributed by atoms with E-state index in [2.05, 4.69) is 33.1 Å². The van der Waals surface area contributed by atoms with Crippen LogP contribution in [0.4, 0.5) is 0 Å². The lowest BCUT2D eigenvalue weighted by atomic mass is 9.99. The van der Waals surface area contributed by atoms with Gasteiger partial charge in [0, 0.05) is 26.0 Å². The number of quaternary nitrogens is 1. The lowest BCUT2D eigenvalue weighted by Crippen LogP contribution is -2.59. The Morgan fingerprint density at radius 1 is 0.833 bits per heavy atom. The molecule has 0 amide bonds. The third-order valence-electron chi connectivity index (χ3n) is 5.43. The molecule has 1 aliphatic heterocycles. The highest BCUT2D eigenvalue weighted by atomic mass is 16.7. The van der Waals surface area contributed by atoms with Gasteiger partial charge in [0.05, 0.1) is 40.4 Å². The van der Waals surface area contributed by atoms with Crippen LogP contribution in [0.1, 0.15) is 19.3 Å². The van der Waals surface area contributed by atoms with Gasteiger partial charge < -0.3 is 43.8 Å². The highest BCUT2D eigenvalue weighted by molar-refractivity contribution is 4.89. The molecule has 9 nitrogen and oxygen atoms in total. The molecule has 5 atom stereocenters. The van der Waals surface area contributed by atoms with Gasteiger partial charge in [0.1, 0.15) is 24.4 Å². The van der Waals surface area contributed by atoms with Gasteiger partial charge in [-0.05, 0) is 41.2 Å². The molecular weight excluding hydrogens is 390 g/mol. The molecule has 5 unspecified atom stereocenters. The van der Waals surface area contributed by atoms with Gasteiger partial charge in [-0.25, -0.2) is 0 Å². The molecule has 0 spiro atoms. The second-order valence-corrected chi connectivity index (χ2v) is 9.51. The average molecular weight is 437 g/mol. The van der Waals surface area contributed by atoms with Crippen molar-refractivity contribution in [2.24, 2.45) is 0 Å². The van der Waals surface area contributed by atoms with E-state index in [-0.39, 0.29) is 6.61 Å². The van der Waals surface area contributed by atoms with Crippen molar-refractivity contribution in [3.63, 3.8) is 0 Å². The first kappa shape index (κ1) is 27.7. The van der Waals surface area contributed by atoms with Gasteiger partial charge in [-0.1, -0.05) is 0 Å². The SMILES string of the molecule is CN(C)CCCOC1C(O)OC(COCCC[N+](C)(C)CCCN(C)C)C(O)C1O. The molecule has 1 fully saturated rings. The fraction of sp³-hybridized carbons (Fsp3) is 1.00. The van der Waals surface area contributed by atoms with Gasteiger partial charge in [0.2, 0.25) is 0 Å². The fourth-order valence-electron chi connectivity index (χ4n) is 3.56. The largest absolute Gasteiger partial charge is 0.387 e. The molecule has 0 aromatic heterocycles. The first-order valence-electron chi connectivity index (χ1n) is 11.0. The summed E-state index contributed by atoms with van der Waals surface area (Å²) in [5.41, 5.74) is 0. The van der Waals surface area contributed by atoms with Crippen molar-refractivity contribution >= 4 is 0 Å². The van der Waals surface area contributed by atoms with Crippen molar-refractivity contribution in [3.8, 4) is 0 Å². The normalized spacial score (nSPS) is 27.9. The Morgan fingerprint density at radius 3 is 2.07 bits per heavy atom. The molecule has 9 heteroatoms. The zero-order valence-electron chi connectivity index (χ0n) is 19.9. The van der Waals surface area contributed by atoms with Crippen LogP contribution in [0.3, 0.4) is 0 Å². The maximum absolute atomic E-state index is 10.3. The Hall–Kier alpha value is -0.360. The quantitative estimate of drug-likeness (QED) is 0.227. The smallest absolute Gasteiger partial charge is 0.184 e. The van der Waals surface area contributed by atoms with E-state index in [0.717, 1.165) is 49.9 Å². The van der Waals surface area contributed by atoms with E-state index in [1.54, 1.807) is 0 Å². The third-order valence-corrected chi connectivity index (χ3v) is 5.43. The van der Waals surface area contributed by atoms with Crippen LogP contribution < -0.4 is 0 Å².